The molecule has 1 aliphatic carbocycles. The molecule has 3 heteroatoms. The molecule has 0 saturated heterocycles. The molecule has 3 nitrogen and oxygen atoms in total. The monoisotopic (exact) mass is 281 g/mol. The van der Waals surface area contributed by atoms with Gasteiger partial charge in [0.15, 0.2) is 0 Å². The van der Waals surface area contributed by atoms with Gasteiger partial charge in [-0.2, -0.15) is 0 Å². The molecule has 1 aromatic rings. The van der Waals surface area contributed by atoms with E-state index in [1.807, 2.05) is 50.3 Å². The summed E-state index contributed by atoms with van der Waals surface area (Å²) in [4.78, 5) is 7.87. The Morgan fingerprint density at radius 3 is 2.57 bits per heavy atom. The van der Waals surface area contributed by atoms with E-state index in [1.165, 1.54) is 0 Å². The van der Waals surface area contributed by atoms with Crippen molar-refractivity contribution in [2.75, 3.05) is 0 Å². The van der Waals surface area contributed by atoms with Crippen molar-refractivity contribution in [2.24, 2.45) is 5.73 Å². The lowest BCUT2D eigenvalue weighted by Crippen LogP contribution is -2.23. The lowest BCUT2D eigenvalue weighted by atomic mass is 10.2. The molecule has 0 bridgehead atoms. The smallest absolute Gasteiger partial charge is 0.134 e. The molecule has 0 unspecified atom stereocenters. The van der Waals surface area contributed by atoms with E-state index in [4.69, 9.17) is 5.73 Å². The quantitative estimate of drug-likeness (QED) is 0.894. The fourth-order valence-electron chi connectivity index (χ4n) is 1.85. The van der Waals surface area contributed by atoms with Crippen LogP contribution in [-0.2, 0) is 0 Å². The molecule has 0 spiro atoms. The predicted octanol–water partition coefficient (Wildman–Crippen LogP) is 2.55. The number of nitrogens with zero attached hydrogens (tertiary/aromatic N) is 1. The number of aromatic nitrogens is 2. The van der Waals surface area contributed by atoms with Crippen LogP contribution < -0.4 is 16.4 Å². The van der Waals surface area contributed by atoms with Crippen molar-refractivity contribution in [2.45, 2.75) is 20.3 Å². The second-order valence-electron chi connectivity index (χ2n) is 4.15. The first-order valence-electron chi connectivity index (χ1n) is 7.09. The molecule has 21 heavy (non-hydrogen) atoms. The summed E-state index contributed by atoms with van der Waals surface area (Å²) in [7, 11) is 0. The van der Waals surface area contributed by atoms with Gasteiger partial charge in [0.1, 0.15) is 5.82 Å². The first-order valence-corrected chi connectivity index (χ1v) is 7.09. The average molecular weight is 281 g/mol. The van der Waals surface area contributed by atoms with Gasteiger partial charge in [-0.3, -0.25) is 0 Å². The van der Waals surface area contributed by atoms with Gasteiger partial charge in [0.2, 0.25) is 0 Å². The summed E-state index contributed by atoms with van der Waals surface area (Å²) in [6, 6.07) is 0. The van der Waals surface area contributed by atoms with Crippen LogP contribution in [0.1, 0.15) is 26.1 Å². The molecule has 0 aliphatic heterocycles. The molecule has 3 N–H and O–H groups in total. The Balaban J connectivity index is 0.00000106. The lowest BCUT2D eigenvalue weighted by molar-refractivity contribution is 1.18. The fraction of sp³-hybridized carbons (Fsp3) is 0.167. The molecular weight excluding hydrogens is 258 g/mol. The molecule has 0 atom stereocenters. The van der Waals surface area contributed by atoms with Crippen LogP contribution in [0, 0.1) is 0 Å². The number of hydrogen-bond donors (Lipinski definition) is 2. The molecule has 0 amide bonds. The van der Waals surface area contributed by atoms with Crippen LogP contribution in [-0.4, -0.2) is 9.97 Å². The van der Waals surface area contributed by atoms with Crippen molar-refractivity contribution in [1.29, 1.82) is 0 Å². The van der Waals surface area contributed by atoms with Crippen LogP contribution in [0.4, 0.5) is 0 Å². The SMILES string of the molecule is C=C/C=c1/nc(C2=CC=C(N)C=CC2)[nH]/c1=C/C=C.CC. The molecule has 1 aromatic heterocycles. The van der Waals surface area contributed by atoms with E-state index in [-0.39, 0.29) is 0 Å². The number of allylic oxidation sites excluding steroid dienone is 7. The van der Waals surface area contributed by atoms with Gasteiger partial charge in [-0.05, 0) is 36.3 Å². The number of hydrogen-bond acceptors (Lipinski definition) is 2. The average Bonchev–Trinajstić information content (AvgIpc) is 2.75. The highest BCUT2D eigenvalue weighted by Gasteiger charge is 2.05. The zero-order valence-corrected chi connectivity index (χ0v) is 12.8. The van der Waals surface area contributed by atoms with E-state index < -0.39 is 0 Å². The highest BCUT2D eigenvalue weighted by Crippen LogP contribution is 2.16. The van der Waals surface area contributed by atoms with E-state index in [0.717, 1.165) is 34.2 Å². The lowest BCUT2D eigenvalue weighted by Gasteiger charge is -1.97. The minimum absolute atomic E-state index is 0.748. The van der Waals surface area contributed by atoms with Gasteiger partial charge in [0.05, 0.1) is 10.7 Å². The second kappa shape index (κ2) is 8.59. The van der Waals surface area contributed by atoms with Gasteiger partial charge in [0, 0.05) is 5.70 Å². The molecule has 0 saturated carbocycles. The predicted molar refractivity (Wildman–Crippen MR) is 92.5 cm³/mol. The first kappa shape index (κ1) is 16.5. The number of imidazole rings is 1. The number of aromatic amines is 1. The van der Waals surface area contributed by atoms with Gasteiger partial charge in [-0.15, -0.1) is 0 Å². The molecule has 1 heterocycles. The second-order valence-corrected chi connectivity index (χ2v) is 4.15. The Morgan fingerprint density at radius 2 is 1.90 bits per heavy atom. The molecule has 0 radical (unpaired) electrons. The maximum absolute atomic E-state index is 5.77. The Hall–Kier alpha value is -2.55. The summed E-state index contributed by atoms with van der Waals surface area (Å²) in [5.41, 5.74) is 7.61. The molecule has 2 rings (SSSR count). The van der Waals surface area contributed by atoms with E-state index in [9.17, 15) is 0 Å². The third-order valence-corrected chi connectivity index (χ3v) is 2.75. The van der Waals surface area contributed by atoms with Gasteiger partial charge >= 0.3 is 0 Å². The van der Waals surface area contributed by atoms with Crippen molar-refractivity contribution in [1.82, 2.24) is 9.97 Å². The third-order valence-electron chi connectivity index (χ3n) is 2.75. The van der Waals surface area contributed by atoms with E-state index in [0.29, 0.717) is 0 Å². The summed E-state index contributed by atoms with van der Waals surface area (Å²) in [5, 5.41) is 1.78. The largest absolute Gasteiger partial charge is 0.399 e. The number of rotatable bonds is 3. The fourth-order valence-corrected chi connectivity index (χ4v) is 1.85. The topological polar surface area (TPSA) is 54.7 Å². The minimum Gasteiger partial charge on any atom is -0.399 e. The molecule has 0 aromatic carbocycles. The van der Waals surface area contributed by atoms with E-state index in [2.05, 4.69) is 23.1 Å². The maximum atomic E-state index is 5.77. The van der Waals surface area contributed by atoms with Crippen LogP contribution in [0.15, 0.2) is 55.3 Å². The molecule has 0 fully saturated rings. The number of H-pyrrole nitrogens is 1. The van der Waals surface area contributed by atoms with Gasteiger partial charge in [0.25, 0.3) is 0 Å². The van der Waals surface area contributed by atoms with Crippen LogP contribution in [0.25, 0.3) is 17.7 Å². The Kier molecular flexibility index (Phi) is 6.75. The Bertz CT molecular complexity index is 660. The van der Waals surface area contributed by atoms with Crippen molar-refractivity contribution < 1.29 is 0 Å². The number of nitrogens with one attached hydrogen (secondary N) is 1. The highest BCUT2D eigenvalue weighted by atomic mass is 14.9. The van der Waals surface area contributed by atoms with Crippen molar-refractivity contribution in [3.05, 3.63) is 71.8 Å². The molecule has 1 aliphatic rings. The first-order chi connectivity index (χ1) is 10.2. The summed E-state index contributed by atoms with van der Waals surface area (Å²) in [6.45, 7) is 11.4. The summed E-state index contributed by atoms with van der Waals surface area (Å²) in [5.74, 6) is 0.844. The number of nitrogens with two attached hydrogens (primary N) is 1. The summed E-state index contributed by atoms with van der Waals surface area (Å²) < 4.78 is 0. The van der Waals surface area contributed by atoms with Crippen LogP contribution in [0.2, 0.25) is 0 Å². The van der Waals surface area contributed by atoms with E-state index in [1.54, 1.807) is 12.2 Å². The molecular formula is C18H23N3. The normalized spacial score (nSPS) is 15.5. The minimum atomic E-state index is 0.748. The van der Waals surface area contributed by atoms with Crippen LogP contribution in [0.3, 0.4) is 0 Å². The Morgan fingerprint density at radius 1 is 1.19 bits per heavy atom. The standard InChI is InChI=1S/C16H17N3.C2H6/c1-3-6-14-15(7-4-2)19-16(18-14)12-8-5-9-13(17)11-10-12;1-2/h3-7,9-11H,1-2,8,17H2,(H,18,19);1-2H3/b14-6+,15-7+;. The Labute approximate surface area is 126 Å². The molecule has 110 valence electrons. The van der Waals surface area contributed by atoms with Crippen molar-refractivity contribution in [3.8, 4) is 0 Å². The van der Waals surface area contributed by atoms with Crippen molar-refractivity contribution in [3.63, 3.8) is 0 Å². The third kappa shape index (κ3) is 4.49. The van der Waals surface area contributed by atoms with Gasteiger partial charge in [-0.1, -0.05) is 51.3 Å². The van der Waals surface area contributed by atoms with Crippen LogP contribution in [0.5, 0.6) is 0 Å². The zero-order chi connectivity index (χ0) is 15.7. The van der Waals surface area contributed by atoms with Gasteiger partial charge < -0.3 is 10.7 Å². The van der Waals surface area contributed by atoms with E-state index >= 15 is 0 Å². The highest BCUT2D eigenvalue weighted by molar-refractivity contribution is 5.65. The maximum Gasteiger partial charge on any atom is 0.134 e. The van der Waals surface area contributed by atoms with Crippen LogP contribution >= 0.6 is 0 Å². The van der Waals surface area contributed by atoms with Gasteiger partial charge in [-0.25, -0.2) is 4.98 Å². The summed E-state index contributed by atoms with van der Waals surface area (Å²) in [6.07, 6.45) is 15.8. The zero-order valence-electron chi connectivity index (χ0n) is 12.8. The summed E-state index contributed by atoms with van der Waals surface area (Å²) >= 11 is 0. The van der Waals surface area contributed by atoms with Crippen molar-refractivity contribution >= 4 is 17.7 Å².